The second-order valence-corrected chi connectivity index (χ2v) is 5.98. The highest BCUT2D eigenvalue weighted by atomic mass is 35.5. The fourth-order valence-electron chi connectivity index (χ4n) is 1.96. The molecule has 0 amide bonds. The molecule has 0 heterocycles. The molecule has 0 nitrogen and oxygen atoms in total. The zero-order valence-electron chi connectivity index (χ0n) is 11.1. The van der Waals surface area contributed by atoms with E-state index in [9.17, 15) is 8.78 Å². The summed E-state index contributed by atoms with van der Waals surface area (Å²) in [5, 5.41) is 0.0866. The lowest BCUT2D eigenvalue weighted by molar-refractivity contribution is 0.584. The van der Waals surface area contributed by atoms with Gasteiger partial charge < -0.3 is 0 Å². The van der Waals surface area contributed by atoms with Gasteiger partial charge in [0.2, 0.25) is 0 Å². The van der Waals surface area contributed by atoms with Gasteiger partial charge >= 0.3 is 0 Å². The average Bonchev–Trinajstić information content (AvgIpc) is 2.26. The van der Waals surface area contributed by atoms with E-state index in [1.807, 2.05) is 18.2 Å². The molecule has 0 bridgehead atoms. The van der Waals surface area contributed by atoms with Crippen LogP contribution in [0, 0.1) is 11.6 Å². The Bertz CT molecular complexity index is 589. The summed E-state index contributed by atoms with van der Waals surface area (Å²) in [5.74, 6) is -1.31. The quantitative estimate of drug-likeness (QED) is 0.639. The molecule has 0 fully saturated rings. The first-order valence-electron chi connectivity index (χ1n) is 6.04. The van der Waals surface area contributed by atoms with E-state index in [0.29, 0.717) is 5.56 Å². The smallest absolute Gasteiger partial charge is 0.135 e. The molecular weight excluding hydrogens is 266 g/mol. The third-order valence-electron chi connectivity index (χ3n) is 3.02. The van der Waals surface area contributed by atoms with Crippen molar-refractivity contribution in [2.24, 2.45) is 0 Å². The van der Waals surface area contributed by atoms with Gasteiger partial charge in [0.1, 0.15) is 11.6 Å². The Balaban J connectivity index is 2.60. The first-order valence-corrected chi connectivity index (χ1v) is 6.42. The van der Waals surface area contributed by atoms with Gasteiger partial charge in [-0.25, -0.2) is 8.78 Å². The van der Waals surface area contributed by atoms with Crippen molar-refractivity contribution >= 4 is 11.6 Å². The number of benzene rings is 2. The second-order valence-electron chi connectivity index (χ2n) is 5.58. The summed E-state index contributed by atoms with van der Waals surface area (Å²) in [7, 11) is 0. The summed E-state index contributed by atoms with van der Waals surface area (Å²) in [6, 6.07) is 9.49. The minimum atomic E-state index is -0.668. The monoisotopic (exact) mass is 280 g/mol. The molecule has 0 aliphatic rings. The predicted octanol–water partition coefficient (Wildman–Crippen LogP) is 5.58. The van der Waals surface area contributed by atoms with E-state index in [0.717, 1.165) is 17.7 Å². The van der Waals surface area contributed by atoms with Gasteiger partial charge in [-0.05, 0) is 22.6 Å². The van der Waals surface area contributed by atoms with Crippen molar-refractivity contribution in [1.29, 1.82) is 0 Å². The van der Waals surface area contributed by atoms with Gasteiger partial charge in [-0.1, -0.05) is 56.6 Å². The number of halogens is 3. The van der Waals surface area contributed by atoms with Gasteiger partial charge in [0.25, 0.3) is 0 Å². The van der Waals surface area contributed by atoms with Crippen LogP contribution in [0.2, 0.25) is 5.02 Å². The Morgan fingerprint density at radius 2 is 1.68 bits per heavy atom. The molecule has 19 heavy (non-hydrogen) atoms. The Kier molecular flexibility index (Phi) is 3.64. The second kappa shape index (κ2) is 4.93. The lowest BCUT2D eigenvalue weighted by atomic mass is 9.85. The van der Waals surface area contributed by atoms with Crippen molar-refractivity contribution in [3.05, 3.63) is 58.6 Å². The molecule has 2 aromatic carbocycles. The zero-order chi connectivity index (χ0) is 14.2. The molecule has 2 rings (SSSR count). The fraction of sp³-hybridized carbons (Fsp3) is 0.250. The molecule has 0 unspecified atom stereocenters. The van der Waals surface area contributed by atoms with Crippen LogP contribution >= 0.6 is 11.6 Å². The summed E-state index contributed by atoms with van der Waals surface area (Å²) in [6.07, 6.45) is 0. The van der Waals surface area contributed by atoms with Crippen molar-refractivity contribution in [3.63, 3.8) is 0 Å². The Labute approximate surface area is 117 Å². The third kappa shape index (κ3) is 2.95. The largest absolute Gasteiger partial charge is 0.207 e. The standard InChI is InChI=1S/C16H15ClF2/c1-16(2,3)11-6-4-5-10(7-11)15-13(17)8-12(18)9-14(15)19/h4-9H,1-3H3. The maximum absolute atomic E-state index is 13.9. The van der Waals surface area contributed by atoms with Crippen LogP contribution in [0.1, 0.15) is 26.3 Å². The highest BCUT2D eigenvalue weighted by Gasteiger charge is 2.17. The minimum absolute atomic E-state index is 0.0427. The predicted molar refractivity (Wildman–Crippen MR) is 75.5 cm³/mol. The van der Waals surface area contributed by atoms with Crippen LogP contribution in [0.3, 0.4) is 0 Å². The third-order valence-corrected chi connectivity index (χ3v) is 3.32. The molecule has 100 valence electrons. The van der Waals surface area contributed by atoms with Gasteiger partial charge in [0.05, 0.1) is 5.02 Å². The van der Waals surface area contributed by atoms with E-state index in [1.165, 1.54) is 0 Å². The van der Waals surface area contributed by atoms with Crippen molar-refractivity contribution in [1.82, 2.24) is 0 Å². The lowest BCUT2D eigenvalue weighted by Gasteiger charge is -2.20. The summed E-state index contributed by atoms with van der Waals surface area (Å²) in [4.78, 5) is 0. The minimum Gasteiger partial charge on any atom is -0.207 e. The highest BCUT2D eigenvalue weighted by Crippen LogP contribution is 2.34. The summed E-state index contributed by atoms with van der Waals surface area (Å²) in [5.41, 5.74) is 1.94. The molecule has 0 N–H and O–H groups in total. The van der Waals surface area contributed by atoms with Crippen LogP contribution in [-0.2, 0) is 5.41 Å². The lowest BCUT2D eigenvalue weighted by Crippen LogP contribution is -2.10. The molecule has 3 heteroatoms. The molecule has 0 atom stereocenters. The Morgan fingerprint density at radius 3 is 2.26 bits per heavy atom. The van der Waals surface area contributed by atoms with Gasteiger partial charge in [-0.3, -0.25) is 0 Å². The Morgan fingerprint density at radius 1 is 1.00 bits per heavy atom. The molecule has 2 aromatic rings. The molecule has 0 radical (unpaired) electrons. The van der Waals surface area contributed by atoms with Crippen molar-refractivity contribution in [2.45, 2.75) is 26.2 Å². The van der Waals surface area contributed by atoms with E-state index < -0.39 is 11.6 Å². The first kappa shape index (κ1) is 14.0. The van der Waals surface area contributed by atoms with E-state index in [2.05, 4.69) is 20.8 Å². The average molecular weight is 281 g/mol. The normalized spacial score (nSPS) is 11.7. The van der Waals surface area contributed by atoms with Gasteiger partial charge in [-0.2, -0.15) is 0 Å². The summed E-state index contributed by atoms with van der Waals surface area (Å²) < 4.78 is 27.0. The topological polar surface area (TPSA) is 0 Å². The van der Waals surface area contributed by atoms with Crippen LogP contribution in [0.15, 0.2) is 36.4 Å². The summed E-state index contributed by atoms with van der Waals surface area (Å²) >= 11 is 5.96. The van der Waals surface area contributed by atoms with Gasteiger partial charge in [-0.15, -0.1) is 0 Å². The number of hydrogen-bond acceptors (Lipinski definition) is 0. The van der Waals surface area contributed by atoms with E-state index in [4.69, 9.17) is 11.6 Å². The molecule has 0 aliphatic heterocycles. The summed E-state index contributed by atoms with van der Waals surface area (Å²) in [6.45, 7) is 6.23. The van der Waals surface area contributed by atoms with E-state index in [1.54, 1.807) is 6.07 Å². The number of rotatable bonds is 1. The molecule has 0 saturated heterocycles. The zero-order valence-corrected chi connectivity index (χ0v) is 11.9. The van der Waals surface area contributed by atoms with E-state index in [-0.39, 0.29) is 16.0 Å². The van der Waals surface area contributed by atoms with Crippen LogP contribution in [0.25, 0.3) is 11.1 Å². The van der Waals surface area contributed by atoms with E-state index >= 15 is 0 Å². The molecule has 0 aliphatic carbocycles. The van der Waals surface area contributed by atoms with Gasteiger partial charge in [0.15, 0.2) is 0 Å². The van der Waals surface area contributed by atoms with Crippen LogP contribution in [0.4, 0.5) is 8.78 Å². The maximum atomic E-state index is 13.9. The van der Waals surface area contributed by atoms with Crippen molar-refractivity contribution in [3.8, 4) is 11.1 Å². The highest BCUT2D eigenvalue weighted by molar-refractivity contribution is 6.33. The SMILES string of the molecule is CC(C)(C)c1cccc(-c2c(F)cc(F)cc2Cl)c1. The molecule has 0 spiro atoms. The Hall–Kier alpha value is -1.41. The molecule has 0 aromatic heterocycles. The first-order chi connectivity index (χ1) is 8.79. The van der Waals surface area contributed by atoms with Crippen molar-refractivity contribution < 1.29 is 8.78 Å². The fourth-order valence-corrected chi connectivity index (χ4v) is 2.26. The van der Waals surface area contributed by atoms with Crippen molar-refractivity contribution in [2.75, 3.05) is 0 Å². The number of hydrogen-bond donors (Lipinski definition) is 0. The van der Waals surface area contributed by atoms with Gasteiger partial charge in [0, 0.05) is 11.6 Å². The maximum Gasteiger partial charge on any atom is 0.135 e. The molecule has 0 saturated carbocycles. The van der Waals surface area contributed by atoms with Crippen LogP contribution in [0.5, 0.6) is 0 Å². The van der Waals surface area contributed by atoms with Crippen LogP contribution < -0.4 is 0 Å². The van der Waals surface area contributed by atoms with Crippen LogP contribution in [-0.4, -0.2) is 0 Å². The molecular formula is C16H15ClF2.